The molecule has 3 rings (SSSR count). The van der Waals surface area contributed by atoms with Gasteiger partial charge in [-0.1, -0.05) is 65.7 Å². The maximum absolute atomic E-state index is 12.9. The number of anilines is 1. The first-order valence-corrected chi connectivity index (χ1v) is 9.66. The topological polar surface area (TPSA) is 45.2 Å². The van der Waals surface area contributed by atoms with Crippen LogP contribution in [0.3, 0.4) is 0 Å². The van der Waals surface area contributed by atoms with Crippen LogP contribution in [-0.4, -0.2) is 17.9 Å². The van der Waals surface area contributed by atoms with Crippen molar-refractivity contribution < 1.29 is 4.79 Å². The van der Waals surface area contributed by atoms with E-state index in [0.717, 1.165) is 11.1 Å². The Bertz CT molecular complexity index is 946. The number of hydrogen-bond acceptors (Lipinski definition) is 3. The van der Waals surface area contributed by atoms with E-state index in [1.807, 2.05) is 73.5 Å². The molecule has 144 valence electrons. The second-order valence-electron chi connectivity index (χ2n) is 6.61. The Balaban J connectivity index is 1.81. The standard InChI is InChI=1S/C22H21Cl2N3O/c1-15(17-6-4-3-5-7-17)26-22(28)20-12-19(24)13-25-21(20)27(2)14-16-8-10-18(23)11-9-16/h3-13,15H,14H2,1-2H3,(H,26,28)/t15-/m0/s1. The van der Waals surface area contributed by atoms with Gasteiger partial charge in [0, 0.05) is 24.8 Å². The van der Waals surface area contributed by atoms with E-state index in [1.54, 1.807) is 12.3 Å². The average molecular weight is 414 g/mol. The van der Waals surface area contributed by atoms with E-state index in [2.05, 4.69) is 10.3 Å². The fourth-order valence-corrected chi connectivity index (χ4v) is 3.23. The van der Waals surface area contributed by atoms with Crippen LogP contribution < -0.4 is 10.2 Å². The van der Waals surface area contributed by atoms with Gasteiger partial charge in [-0.05, 0) is 36.2 Å². The van der Waals surface area contributed by atoms with Gasteiger partial charge in [0.2, 0.25) is 0 Å². The van der Waals surface area contributed by atoms with Crippen molar-refractivity contribution >= 4 is 34.9 Å². The number of nitrogens with one attached hydrogen (secondary N) is 1. The van der Waals surface area contributed by atoms with E-state index >= 15 is 0 Å². The molecular formula is C22H21Cl2N3O. The van der Waals surface area contributed by atoms with Crippen LogP contribution in [0.5, 0.6) is 0 Å². The largest absolute Gasteiger partial charge is 0.355 e. The molecule has 1 aromatic heterocycles. The van der Waals surface area contributed by atoms with E-state index in [9.17, 15) is 4.79 Å². The third-order valence-electron chi connectivity index (χ3n) is 4.42. The lowest BCUT2D eigenvalue weighted by Crippen LogP contribution is -2.29. The molecule has 1 N–H and O–H groups in total. The summed E-state index contributed by atoms with van der Waals surface area (Å²) in [5.41, 5.74) is 2.53. The normalized spacial score (nSPS) is 11.7. The maximum Gasteiger partial charge on any atom is 0.255 e. The summed E-state index contributed by atoms with van der Waals surface area (Å²) in [4.78, 5) is 19.3. The highest BCUT2D eigenvalue weighted by molar-refractivity contribution is 6.31. The summed E-state index contributed by atoms with van der Waals surface area (Å²) < 4.78 is 0. The Hall–Kier alpha value is -2.56. The molecule has 1 atom stereocenters. The highest BCUT2D eigenvalue weighted by Crippen LogP contribution is 2.23. The third-order valence-corrected chi connectivity index (χ3v) is 4.88. The lowest BCUT2D eigenvalue weighted by molar-refractivity contribution is 0.0940. The molecule has 0 fully saturated rings. The van der Waals surface area contributed by atoms with E-state index in [1.165, 1.54) is 0 Å². The first-order chi connectivity index (χ1) is 13.4. The van der Waals surface area contributed by atoms with Gasteiger partial charge in [0.25, 0.3) is 5.91 Å². The molecule has 3 aromatic rings. The van der Waals surface area contributed by atoms with Crippen molar-refractivity contribution in [2.45, 2.75) is 19.5 Å². The van der Waals surface area contributed by atoms with Crippen molar-refractivity contribution in [1.82, 2.24) is 10.3 Å². The van der Waals surface area contributed by atoms with Crippen LogP contribution in [0.1, 0.15) is 34.5 Å². The second-order valence-corrected chi connectivity index (χ2v) is 7.49. The molecule has 0 bridgehead atoms. The van der Waals surface area contributed by atoms with Crippen LogP contribution in [0.25, 0.3) is 0 Å². The van der Waals surface area contributed by atoms with E-state index in [0.29, 0.717) is 28.0 Å². The van der Waals surface area contributed by atoms with E-state index in [-0.39, 0.29) is 11.9 Å². The molecule has 4 nitrogen and oxygen atoms in total. The van der Waals surface area contributed by atoms with Crippen molar-refractivity contribution in [1.29, 1.82) is 0 Å². The van der Waals surface area contributed by atoms with Gasteiger partial charge in [0.15, 0.2) is 0 Å². The summed E-state index contributed by atoms with van der Waals surface area (Å²) in [6.45, 7) is 2.53. The minimum absolute atomic E-state index is 0.137. The number of amides is 1. The minimum atomic E-state index is -0.218. The van der Waals surface area contributed by atoms with E-state index < -0.39 is 0 Å². The lowest BCUT2D eigenvalue weighted by Gasteiger charge is -2.22. The lowest BCUT2D eigenvalue weighted by atomic mass is 10.1. The fraction of sp³-hybridized carbons (Fsp3) is 0.182. The Morgan fingerprint density at radius 1 is 1.07 bits per heavy atom. The number of rotatable bonds is 6. The molecule has 0 saturated heterocycles. The molecule has 0 spiro atoms. The zero-order chi connectivity index (χ0) is 20.1. The molecule has 1 amide bonds. The Labute approximate surface area is 175 Å². The smallest absolute Gasteiger partial charge is 0.255 e. The molecule has 6 heteroatoms. The fourth-order valence-electron chi connectivity index (χ4n) is 2.94. The summed E-state index contributed by atoms with van der Waals surface area (Å²) in [7, 11) is 1.89. The molecule has 0 aliphatic carbocycles. The van der Waals surface area contributed by atoms with Gasteiger partial charge in [0.05, 0.1) is 16.6 Å². The number of halogens is 2. The number of benzene rings is 2. The minimum Gasteiger partial charge on any atom is -0.355 e. The highest BCUT2D eigenvalue weighted by Gasteiger charge is 2.19. The molecule has 0 radical (unpaired) electrons. The molecular weight excluding hydrogens is 393 g/mol. The zero-order valence-electron chi connectivity index (χ0n) is 15.7. The maximum atomic E-state index is 12.9. The average Bonchev–Trinajstić information content (AvgIpc) is 2.70. The van der Waals surface area contributed by atoms with Crippen LogP contribution in [0, 0.1) is 0 Å². The van der Waals surface area contributed by atoms with Gasteiger partial charge in [-0.15, -0.1) is 0 Å². The van der Waals surface area contributed by atoms with Crippen molar-refractivity contribution in [3.63, 3.8) is 0 Å². The number of nitrogens with zero attached hydrogens (tertiary/aromatic N) is 2. The van der Waals surface area contributed by atoms with Gasteiger partial charge in [-0.2, -0.15) is 0 Å². The number of pyridine rings is 1. The Morgan fingerprint density at radius 3 is 2.43 bits per heavy atom. The molecule has 0 aliphatic rings. The monoisotopic (exact) mass is 413 g/mol. The summed E-state index contributed by atoms with van der Waals surface area (Å²) in [5, 5.41) is 4.13. The van der Waals surface area contributed by atoms with Crippen molar-refractivity contribution in [3.05, 3.63) is 93.6 Å². The predicted octanol–water partition coefficient (Wildman–Crippen LogP) is 5.52. The van der Waals surface area contributed by atoms with Gasteiger partial charge in [-0.3, -0.25) is 4.79 Å². The predicted molar refractivity (Wildman–Crippen MR) is 115 cm³/mol. The van der Waals surface area contributed by atoms with Crippen molar-refractivity contribution in [2.24, 2.45) is 0 Å². The third kappa shape index (κ3) is 5.03. The molecule has 0 saturated carbocycles. The first kappa shape index (κ1) is 20.2. The van der Waals surface area contributed by atoms with Gasteiger partial charge in [-0.25, -0.2) is 4.98 Å². The second kappa shape index (κ2) is 9.09. The molecule has 0 aliphatic heterocycles. The molecule has 2 aromatic carbocycles. The highest BCUT2D eigenvalue weighted by atomic mass is 35.5. The van der Waals surface area contributed by atoms with Crippen molar-refractivity contribution in [2.75, 3.05) is 11.9 Å². The van der Waals surface area contributed by atoms with Crippen LogP contribution in [0.2, 0.25) is 10.0 Å². The zero-order valence-corrected chi connectivity index (χ0v) is 17.2. The Morgan fingerprint density at radius 2 is 1.75 bits per heavy atom. The number of hydrogen-bond donors (Lipinski definition) is 1. The van der Waals surface area contributed by atoms with Crippen LogP contribution in [0.4, 0.5) is 5.82 Å². The SMILES string of the molecule is C[C@H](NC(=O)c1cc(Cl)cnc1N(C)Cc1ccc(Cl)cc1)c1ccccc1. The molecule has 0 unspecified atom stereocenters. The summed E-state index contributed by atoms with van der Waals surface area (Å²) in [5.74, 6) is 0.349. The van der Waals surface area contributed by atoms with Crippen LogP contribution in [-0.2, 0) is 6.54 Å². The summed E-state index contributed by atoms with van der Waals surface area (Å²) in [6.07, 6.45) is 1.55. The van der Waals surface area contributed by atoms with Crippen LogP contribution in [0.15, 0.2) is 66.9 Å². The van der Waals surface area contributed by atoms with Gasteiger partial charge < -0.3 is 10.2 Å². The number of carbonyl (C=O) groups is 1. The van der Waals surface area contributed by atoms with E-state index in [4.69, 9.17) is 23.2 Å². The first-order valence-electron chi connectivity index (χ1n) is 8.91. The number of aromatic nitrogens is 1. The Kier molecular flexibility index (Phi) is 6.55. The molecule has 28 heavy (non-hydrogen) atoms. The summed E-state index contributed by atoms with van der Waals surface area (Å²) >= 11 is 12.1. The number of carbonyl (C=O) groups excluding carboxylic acids is 1. The summed E-state index contributed by atoms with van der Waals surface area (Å²) in [6, 6.07) is 18.9. The van der Waals surface area contributed by atoms with Crippen molar-refractivity contribution in [3.8, 4) is 0 Å². The van der Waals surface area contributed by atoms with Gasteiger partial charge >= 0.3 is 0 Å². The van der Waals surface area contributed by atoms with Gasteiger partial charge in [0.1, 0.15) is 5.82 Å². The quantitative estimate of drug-likeness (QED) is 0.578. The molecule has 1 heterocycles. The van der Waals surface area contributed by atoms with Crippen LogP contribution >= 0.6 is 23.2 Å².